The van der Waals surface area contributed by atoms with E-state index in [2.05, 4.69) is 27.6 Å². The van der Waals surface area contributed by atoms with Crippen molar-refractivity contribution in [2.45, 2.75) is 58.0 Å². The molecule has 0 aromatic heterocycles. The lowest BCUT2D eigenvalue weighted by Crippen LogP contribution is -2.44. The van der Waals surface area contributed by atoms with E-state index in [1.165, 1.54) is 12.1 Å². The van der Waals surface area contributed by atoms with Gasteiger partial charge in [0.1, 0.15) is 5.75 Å². The molecule has 1 aliphatic carbocycles. The van der Waals surface area contributed by atoms with Crippen LogP contribution >= 0.6 is 0 Å². The van der Waals surface area contributed by atoms with Gasteiger partial charge in [0.2, 0.25) is 5.91 Å². The van der Waals surface area contributed by atoms with E-state index in [4.69, 9.17) is 24.7 Å². The van der Waals surface area contributed by atoms with Crippen LogP contribution in [-0.4, -0.2) is 108 Å². The summed E-state index contributed by atoms with van der Waals surface area (Å²) in [6.07, 6.45) is -1.10. The minimum Gasteiger partial charge on any atom is -0.406 e. The van der Waals surface area contributed by atoms with E-state index in [-0.39, 0.29) is 49.1 Å². The molecule has 13 nitrogen and oxygen atoms in total. The van der Waals surface area contributed by atoms with Gasteiger partial charge in [0, 0.05) is 49.9 Å². The highest BCUT2D eigenvalue weighted by atomic mass is 19.4. The minimum absolute atomic E-state index is 0.0207. The Hall–Kier alpha value is -3.96. The SMILES string of the molecule is CC1CCC(N(Cc2ccc(C(=O)NCCC(=O)NCCOCCOCCOCCOCCN)cc2)C(=O)Nc2ccc(OC(F)(F)F)cc2)CC1. The number of urea groups is 1. The number of nitrogens with one attached hydrogen (secondary N) is 3. The number of anilines is 1. The summed E-state index contributed by atoms with van der Waals surface area (Å²) >= 11 is 0. The molecule has 0 unspecified atom stereocenters. The number of hydrogen-bond donors (Lipinski definition) is 4. The Morgan fingerprint density at radius 3 is 1.92 bits per heavy atom. The van der Waals surface area contributed by atoms with Crippen LogP contribution in [0.1, 0.15) is 54.9 Å². The van der Waals surface area contributed by atoms with E-state index >= 15 is 0 Å². The van der Waals surface area contributed by atoms with Gasteiger partial charge in [-0.1, -0.05) is 19.1 Å². The summed E-state index contributed by atoms with van der Waals surface area (Å²) in [7, 11) is 0. The number of halogens is 3. The van der Waals surface area contributed by atoms with Crippen LogP contribution < -0.4 is 26.4 Å². The molecule has 3 rings (SSSR count). The van der Waals surface area contributed by atoms with Gasteiger partial charge in [-0.15, -0.1) is 13.2 Å². The summed E-state index contributed by atoms with van der Waals surface area (Å²) in [6.45, 7) is 6.95. The van der Waals surface area contributed by atoms with Crippen molar-refractivity contribution in [1.82, 2.24) is 15.5 Å². The van der Waals surface area contributed by atoms with E-state index in [1.54, 1.807) is 29.2 Å². The standard InChI is InChI=1S/C36H52F3N5O8/c1-27-2-10-31(11-3-27)44(35(47)43-30-8-12-32(13-9-30)52-36(37,38)39)26-28-4-6-29(7-5-28)34(46)42-16-14-33(45)41-17-19-49-21-23-51-25-24-50-22-20-48-18-15-40/h4-9,12-13,27,31H,2-3,10-11,14-26,40H2,1H3,(H,41,45)(H,42,46)(H,43,47). The highest BCUT2D eigenvalue weighted by Crippen LogP contribution is 2.29. The number of carbonyl (C=O) groups is 3. The molecule has 1 saturated carbocycles. The lowest BCUT2D eigenvalue weighted by atomic mass is 9.86. The Labute approximate surface area is 303 Å². The molecule has 0 aliphatic heterocycles. The van der Waals surface area contributed by atoms with Crippen molar-refractivity contribution in [3.8, 4) is 5.75 Å². The van der Waals surface area contributed by atoms with Crippen LogP contribution in [-0.2, 0) is 30.3 Å². The largest absolute Gasteiger partial charge is 0.573 e. The highest BCUT2D eigenvalue weighted by Gasteiger charge is 2.31. The number of rotatable bonds is 23. The fourth-order valence-electron chi connectivity index (χ4n) is 5.40. The van der Waals surface area contributed by atoms with Gasteiger partial charge >= 0.3 is 12.4 Å². The highest BCUT2D eigenvalue weighted by molar-refractivity contribution is 5.94. The molecular formula is C36H52F3N5O8. The molecule has 0 heterocycles. The molecular weight excluding hydrogens is 687 g/mol. The maximum Gasteiger partial charge on any atom is 0.573 e. The molecule has 0 saturated heterocycles. The minimum atomic E-state index is -4.81. The number of nitrogens with zero attached hydrogens (tertiary/aromatic N) is 1. The van der Waals surface area contributed by atoms with Crippen molar-refractivity contribution in [3.05, 3.63) is 59.7 Å². The lowest BCUT2D eigenvalue weighted by molar-refractivity contribution is -0.274. The van der Waals surface area contributed by atoms with Crippen molar-refractivity contribution < 1.29 is 51.2 Å². The second kappa shape index (κ2) is 23.6. The molecule has 1 aliphatic rings. The Morgan fingerprint density at radius 2 is 1.35 bits per heavy atom. The van der Waals surface area contributed by atoms with Gasteiger partial charge in [-0.05, 0) is 73.6 Å². The number of hydrogen-bond acceptors (Lipinski definition) is 9. The zero-order valence-electron chi connectivity index (χ0n) is 29.7. The Morgan fingerprint density at radius 1 is 0.769 bits per heavy atom. The maximum atomic E-state index is 13.4. The van der Waals surface area contributed by atoms with Crippen LogP contribution in [0.3, 0.4) is 0 Å². The number of carbonyl (C=O) groups excluding carboxylic acids is 3. The average Bonchev–Trinajstić information content (AvgIpc) is 3.11. The number of amides is 4. The van der Waals surface area contributed by atoms with Gasteiger partial charge in [-0.2, -0.15) is 0 Å². The molecule has 290 valence electrons. The molecule has 2 aromatic carbocycles. The van der Waals surface area contributed by atoms with Crippen molar-refractivity contribution >= 4 is 23.5 Å². The molecule has 52 heavy (non-hydrogen) atoms. The molecule has 16 heteroatoms. The van der Waals surface area contributed by atoms with Gasteiger partial charge in [0.25, 0.3) is 5.91 Å². The molecule has 4 amide bonds. The molecule has 0 radical (unpaired) electrons. The first kappa shape index (κ1) is 42.5. The summed E-state index contributed by atoms with van der Waals surface area (Å²) in [5.41, 5.74) is 6.88. The Balaban J connectivity index is 1.35. The third kappa shape index (κ3) is 17.5. The van der Waals surface area contributed by atoms with Crippen LogP contribution in [0, 0.1) is 5.92 Å². The Bertz CT molecular complexity index is 1330. The quantitative estimate of drug-likeness (QED) is 0.121. The topological polar surface area (TPSA) is 163 Å². The smallest absolute Gasteiger partial charge is 0.406 e. The van der Waals surface area contributed by atoms with Crippen LogP contribution in [0.5, 0.6) is 5.75 Å². The number of ether oxygens (including phenoxy) is 5. The average molecular weight is 740 g/mol. The monoisotopic (exact) mass is 739 g/mol. The molecule has 5 N–H and O–H groups in total. The first-order valence-corrected chi connectivity index (χ1v) is 17.6. The second-order valence-corrected chi connectivity index (χ2v) is 12.3. The van der Waals surface area contributed by atoms with Gasteiger partial charge in [-0.3, -0.25) is 9.59 Å². The zero-order valence-corrected chi connectivity index (χ0v) is 29.7. The molecule has 1 fully saturated rings. The molecule has 0 bridgehead atoms. The van der Waals surface area contributed by atoms with Crippen molar-refractivity contribution in [2.24, 2.45) is 11.7 Å². The fourth-order valence-corrected chi connectivity index (χ4v) is 5.40. The third-order valence-corrected chi connectivity index (χ3v) is 8.18. The second-order valence-electron chi connectivity index (χ2n) is 12.3. The first-order valence-electron chi connectivity index (χ1n) is 17.6. The molecule has 2 aromatic rings. The van der Waals surface area contributed by atoms with E-state index in [1.807, 2.05) is 0 Å². The van der Waals surface area contributed by atoms with Gasteiger partial charge in [0.15, 0.2) is 0 Å². The maximum absolute atomic E-state index is 13.4. The van der Waals surface area contributed by atoms with Crippen molar-refractivity contribution in [3.63, 3.8) is 0 Å². The van der Waals surface area contributed by atoms with Gasteiger partial charge in [-0.25, -0.2) is 4.79 Å². The first-order chi connectivity index (χ1) is 25.0. The summed E-state index contributed by atoms with van der Waals surface area (Å²) in [4.78, 5) is 40.0. The number of benzene rings is 2. The summed E-state index contributed by atoms with van der Waals surface area (Å²) in [6, 6.07) is 11.5. The lowest BCUT2D eigenvalue weighted by Gasteiger charge is -2.36. The van der Waals surface area contributed by atoms with Crippen LogP contribution in [0.15, 0.2) is 48.5 Å². The van der Waals surface area contributed by atoms with Crippen molar-refractivity contribution in [2.75, 3.05) is 77.8 Å². The van der Waals surface area contributed by atoms with Crippen LogP contribution in [0.2, 0.25) is 0 Å². The zero-order chi connectivity index (χ0) is 37.6. The number of nitrogens with two attached hydrogens (primary N) is 1. The normalized spacial score (nSPS) is 15.9. The number of alkyl halides is 3. The fraction of sp³-hybridized carbons (Fsp3) is 0.583. The van der Waals surface area contributed by atoms with E-state index in [9.17, 15) is 27.6 Å². The van der Waals surface area contributed by atoms with Crippen molar-refractivity contribution in [1.29, 1.82) is 0 Å². The van der Waals surface area contributed by atoms with Gasteiger partial charge < -0.3 is 50.3 Å². The van der Waals surface area contributed by atoms with E-state index < -0.39 is 6.36 Å². The third-order valence-electron chi connectivity index (χ3n) is 8.18. The van der Waals surface area contributed by atoms with E-state index in [0.29, 0.717) is 83.1 Å². The van der Waals surface area contributed by atoms with E-state index in [0.717, 1.165) is 43.4 Å². The summed E-state index contributed by atoms with van der Waals surface area (Å²) in [5.74, 6) is -0.368. The molecule has 0 atom stereocenters. The molecule has 0 spiro atoms. The van der Waals surface area contributed by atoms with Crippen LogP contribution in [0.4, 0.5) is 23.7 Å². The summed E-state index contributed by atoms with van der Waals surface area (Å²) < 4.78 is 62.9. The van der Waals surface area contributed by atoms with Crippen LogP contribution in [0.25, 0.3) is 0 Å². The van der Waals surface area contributed by atoms with Gasteiger partial charge in [0.05, 0.1) is 52.9 Å². The predicted molar refractivity (Wildman–Crippen MR) is 188 cm³/mol. The summed E-state index contributed by atoms with van der Waals surface area (Å²) in [5, 5.41) is 8.28. The Kier molecular flexibility index (Phi) is 19.2. The predicted octanol–water partition coefficient (Wildman–Crippen LogP) is 4.46.